The van der Waals surface area contributed by atoms with E-state index in [2.05, 4.69) is 16.4 Å². The van der Waals surface area contributed by atoms with Gasteiger partial charge in [0.25, 0.3) is 0 Å². The molecule has 1 atom stereocenters. The van der Waals surface area contributed by atoms with Gasteiger partial charge in [0, 0.05) is 15.7 Å². The molecular formula is C14H12ClFN2S. The molecule has 0 saturated heterocycles. The Balaban J connectivity index is 1.87. The summed E-state index contributed by atoms with van der Waals surface area (Å²) in [5.41, 5.74) is 2.03. The van der Waals surface area contributed by atoms with Crippen molar-refractivity contribution >= 4 is 29.1 Å². The van der Waals surface area contributed by atoms with Crippen molar-refractivity contribution in [3.63, 3.8) is 0 Å². The van der Waals surface area contributed by atoms with E-state index in [1.807, 2.05) is 23.9 Å². The highest BCUT2D eigenvalue weighted by Crippen LogP contribution is 2.39. The van der Waals surface area contributed by atoms with Crippen molar-refractivity contribution in [1.29, 1.82) is 0 Å². The Kier molecular flexibility index (Phi) is 3.62. The largest absolute Gasteiger partial charge is 0.377 e. The standard InChI is InChI=1S/C14H12ClFN2S/c15-9-1-3-13-11(7-9)12(5-6-19-13)18-10-2-4-14(16)17-8-10/h1-4,7-8,12,18H,5-6H2. The molecule has 3 rings (SSSR count). The van der Waals surface area contributed by atoms with Crippen molar-refractivity contribution in [3.8, 4) is 0 Å². The number of anilines is 1. The molecule has 1 aromatic carbocycles. The average Bonchev–Trinajstić information content (AvgIpc) is 2.42. The van der Waals surface area contributed by atoms with Crippen LogP contribution in [0.1, 0.15) is 18.0 Å². The third kappa shape index (κ3) is 2.85. The lowest BCUT2D eigenvalue weighted by molar-refractivity contribution is 0.583. The van der Waals surface area contributed by atoms with Gasteiger partial charge >= 0.3 is 0 Å². The molecule has 0 amide bonds. The Morgan fingerprint density at radius 1 is 1.32 bits per heavy atom. The van der Waals surface area contributed by atoms with Crippen LogP contribution < -0.4 is 5.32 Å². The molecule has 2 heterocycles. The summed E-state index contributed by atoms with van der Waals surface area (Å²) < 4.78 is 12.8. The predicted molar refractivity (Wildman–Crippen MR) is 77.4 cm³/mol. The molecule has 0 spiro atoms. The van der Waals surface area contributed by atoms with Crippen LogP contribution in [0.5, 0.6) is 0 Å². The summed E-state index contributed by atoms with van der Waals surface area (Å²) in [7, 11) is 0. The van der Waals surface area contributed by atoms with E-state index in [0.29, 0.717) is 0 Å². The van der Waals surface area contributed by atoms with Gasteiger partial charge in [-0.15, -0.1) is 11.8 Å². The zero-order valence-corrected chi connectivity index (χ0v) is 11.6. The molecule has 1 aliphatic heterocycles. The number of benzene rings is 1. The fourth-order valence-electron chi connectivity index (χ4n) is 2.18. The summed E-state index contributed by atoms with van der Waals surface area (Å²) in [6.07, 6.45) is 2.52. The molecular weight excluding hydrogens is 283 g/mol. The van der Waals surface area contributed by atoms with Crippen LogP contribution in [0.2, 0.25) is 5.02 Å². The minimum absolute atomic E-state index is 0.196. The smallest absolute Gasteiger partial charge is 0.212 e. The fourth-order valence-corrected chi connectivity index (χ4v) is 3.46. The monoisotopic (exact) mass is 294 g/mol. The summed E-state index contributed by atoms with van der Waals surface area (Å²) in [6.45, 7) is 0. The maximum absolute atomic E-state index is 12.8. The maximum atomic E-state index is 12.8. The second-order valence-corrected chi connectivity index (χ2v) is 5.96. The Bertz CT molecular complexity index is 588. The van der Waals surface area contributed by atoms with Gasteiger partial charge in [0.2, 0.25) is 5.95 Å². The minimum atomic E-state index is -0.465. The quantitative estimate of drug-likeness (QED) is 0.824. The Labute approximate surface area is 120 Å². The van der Waals surface area contributed by atoms with Crippen LogP contribution >= 0.6 is 23.4 Å². The second kappa shape index (κ2) is 5.39. The first kappa shape index (κ1) is 12.8. The van der Waals surface area contributed by atoms with Crippen molar-refractivity contribution in [3.05, 3.63) is 53.1 Å². The van der Waals surface area contributed by atoms with Crippen LogP contribution in [0.3, 0.4) is 0 Å². The molecule has 1 N–H and O–H groups in total. The van der Waals surface area contributed by atoms with E-state index in [1.54, 1.807) is 6.07 Å². The molecule has 19 heavy (non-hydrogen) atoms. The molecule has 98 valence electrons. The second-order valence-electron chi connectivity index (χ2n) is 4.39. The number of halogens is 2. The summed E-state index contributed by atoms with van der Waals surface area (Å²) in [5.74, 6) is 0.592. The number of pyridine rings is 1. The molecule has 1 aliphatic rings. The van der Waals surface area contributed by atoms with Gasteiger partial charge in [-0.2, -0.15) is 4.39 Å². The van der Waals surface area contributed by atoms with Crippen LogP contribution in [0.25, 0.3) is 0 Å². The number of hydrogen-bond donors (Lipinski definition) is 1. The van der Waals surface area contributed by atoms with E-state index in [0.717, 1.165) is 22.9 Å². The van der Waals surface area contributed by atoms with Gasteiger partial charge in [0.1, 0.15) is 0 Å². The van der Waals surface area contributed by atoms with Crippen LogP contribution in [0.4, 0.5) is 10.1 Å². The molecule has 5 heteroatoms. The van der Waals surface area contributed by atoms with Crippen molar-refractivity contribution in [1.82, 2.24) is 4.98 Å². The first-order valence-electron chi connectivity index (χ1n) is 6.03. The topological polar surface area (TPSA) is 24.9 Å². The van der Waals surface area contributed by atoms with Gasteiger partial charge in [-0.3, -0.25) is 0 Å². The van der Waals surface area contributed by atoms with Gasteiger partial charge in [-0.1, -0.05) is 11.6 Å². The van der Waals surface area contributed by atoms with Gasteiger partial charge in [0.05, 0.1) is 17.9 Å². The van der Waals surface area contributed by atoms with Crippen LogP contribution in [0, 0.1) is 5.95 Å². The molecule has 2 nitrogen and oxygen atoms in total. The van der Waals surface area contributed by atoms with Crippen molar-refractivity contribution < 1.29 is 4.39 Å². The van der Waals surface area contributed by atoms with E-state index in [9.17, 15) is 4.39 Å². The first-order valence-corrected chi connectivity index (χ1v) is 7.39. The molecule has 0 fully saturated rings. The molecule has 0 radical (unpaired) electrons. The van der Waals surface area contributed by atoms with E-state index in [-0.39, 0.29) is 6.04 Å². The summed E-state index contributed by atoms with van der Waals surface area (Å²) in [5, 5.41) is 4.13. The molecule has 1 aromatic heterocycles. The van der Waals surface area contributed by atoms with Crippen molar-refractivity contribution in [2.45, 2.75) is 17.4 Å². The molecule has 2 aromatic rings. The molecule has 1 unspecified atom stereocenters. The average molecular weight is 295 g/mol. The number of fused-ring (bicyclic) bond motifs is 1. The number of nitrogens with zero attached hydrogens (tertiary/aromatic N) is 1. The van der Waals surface area contributed by atoms with Gasteiger partial charge in [-0.25, -0.2) is 4.98 Å². The highest BCUT2D eigenvalue weighted by atomic mass is 35.5. The maximum Gasteiger partial charge on any atom is 0.212 e. The highest BCUT2D eigenvalue weighted by molar-refractivity contribution is 7.99. The SMILES string of the molecule is Fc1ccc(NC2CCSc3ccc(Cl)cc32)cn1. The van der Waals surface area contributed by atoms with Gasteiger partial charge < -0.3 is 5.32 Å². The third-order valence-corrected chi connectivity index (χ3v) is 4.44. The van der Waals surface area contributed by atoms with Gasteiger partial charge in [0.15, 0.2) is 0 Å². The van der Waals surface area contributed by atoms with Crippen LogP contribution in [-0.4, -0.2) is 10.7 Å². The van der Waals surface area contributed by atoms with Crippen LogP contribution in [-0.2, 0) is 0 Å². The third-order valence-electron chi connectivity index (χ3n) is 3.08. The molecule has 0 bridgehead atoms. The minimum Gasteiger partial charge on any atom is -0.377 e. The Morgan fingerprint density at radius 2 is 2.21 bits per heavy atom. The number of rotatable bonds is 2. The van der Waals surface area contributed by atoms with E-state index < -0.39 is 5.95 Å². The number of aromatic nitrogens is 1. The normalized spacial score (nSPS) is 17.9. The lowest BCUT2D eigenvalue weighted by atomic mass is 10.0. The molecule has 0 saturated carbocycles. The number of hydrogen-bond acceptors (Lipinski definition) is 3. The van der Waals surface area contributed by atoms with Crippen LogP contribution in [0.15, 0.2) is 41.4 Å². The Hall–Kier alpha value is -1.26. The lowest BCUT2D eigenvalue weighted by Crippen LogP contribution is -2.16. The zero-order chi connectivity index (χ0) is 13.2. The zero-order valence-electron chi connectivity index (χ0n) is 10.1. The summed E-state index contributed by atoms with van der Waals surface area (Å²) in [4.78, 5) is 4.91. The summed E-state index contributed by atoms with van der Waals surface area (Å²) >= 11 is 7.91. The van der Waals surface area contributed by atoms with Crippen molar-refractivity contribution in [2.75, 3.05) is 11.1 Å². The van der Waals surface area contributed by atoms with Gasteiger partial charge in [-0.05, 0) is 42.3 Å². The first-order chi connectivity index (χ1) is 9.22. The Morgan fingerprint density at radius 3 is 3.00 bits per heavy atom. The summed E-state index contributed by atoms with van der Waals surface area (Å²) in [6, 6.07) is 9.22. The van der Waals surface area contributed by atoms with E-state index in [4.69, 9.17) is 11.6 Å². The van der Waals surface area contributed by atoms with E-state index >= 15 is 0 Å². The van der Waals surface area contributed by atoms with Crippen molar-refractivity contribution in [2.24, 2.45) is 0 Å². The highest BCUT2D eigenvalue weighted by Gasteiger charge is 2.20. The lowest BCUT2D eigenvalue weighted by Gasteiger charge is -2.26. The van der Waals surface area contributed by atoms with E-state index in [1.165, 1.54) is 22.7 Å². The fraction of sp³-hybridized carbons (Fsp3) is 0.214. The number of nitrogens with one attached hydrogen (secondary N) is 1. The molecule has 0 aliphatic carbocycles. The predicted octanol–water partition coefficient (Wildman–Crippen LogP) is 4.52. The number of thioether (sulfide) groups is 1.